The average Bonchev–Trinajstić information content (AvgIpc) is 2.22. The molecule has 0 aromatic carbocycles. The molecule has 0 radical (unpaired) electrons. The molecule has 0 saturated heterocycles. The highest BCUT2D eigenvalue weighted by Gasteiger charge is 2.00. The third-order valence-corrected chi connectivity index (χ3v) is 2.61. The maximum Gasteiger partial charge on any atom is 0.129 e. The van der Waals surface area contributed by atoms with Crippen LogP contribution in [0.2, 0.25) is 5.15 Å². The standard InChI is InChI=1S/C12H19ClN2/c1-3-4-5-8-15(2)10-11-6-7-12(13)14-9-11/h6-7,9H,3-5,8,10H2,1-2H3. The summed E-state index contributed by atoms with van der Waals surface area (Å²) in [6, 6.07) is 3.88. The van der Waals surface area contributed by atoms with Crippen molar-refractivity contribution in [3.05, 3.63) is 29.0 Å². The smallest absolute Gasteiger partial charge is 0.129 e. The molecule has 0 aliphatic rings. The Balaban J connectivity index is 2.31. The van der Waals surface area contributed by atoms with Crippen LogP contribution in [0.15, 0.2) is 18.3 Å². The molecule has 15 heavy (non-hydrogen) atoms. The van der Waals surface area contributed by atoms with Crippen molar-refractivity contribution in [3.63, 3.8) is 0 Å². The molecule has 3 heteroatoms. The van der Waals surface area contributed by atoms with Gasteiger partial charge in [-0.05, 0) is 31.6 Å². The van der Waals surface area contributed by atoms with Gasteiger partial charge in [-0.2, -0.15) is 0 Å². The summed E-state index contributed by atoms with van der Waals surface area (Å²) in [6.07, 6.45) is 5.70. The maximum atomic E-state index is 5.73. The molecule has 1 aromatic heterocycles. The molecule has 0 fully saturated rings. The summed E-state index contributed by atoms with van der Waals surface area (Å²) < 4.78 is 0. The first-order chi connectivity index (χ1) is 7.22. The van der Waals surface area contributed by atoms with Gasteiger partial charge in [-0.15, -0.1) is 0 Å². The van der Waals surface area contributed by atoms with Gasteiger partial charge in [0.1, 0.15) is 5.15 Å². The molecule has 2 nitrogen and oxygen atoms in total. The van der Waals surface area contributed by atoms with Gasteiger partial charge in [0, 0.05) is 12.7 Å². The van der Waals surface area contributed by atoms with Crippen molar-refractivity contribution in [2.45, 2.75) is 32.7 Å². The second-order valence-electron chi connectivity index (χ2n) is 3.93. The molecule has 0 amide bonds. The molecule has 1 rings (SSSR count). The highest BCUT2D eigenvalue weighted by Crippen LogP contribution is 2.07. The second-order valence-corrected chi connectivity index (χ2v) is 4.32. The third kappa shape index (κ3) is 5.14. The molecule has 0 bridgehead atoms. The van der Waals surface area contributed by atoms with Crippen molar-refractivity contribution in [2.24, 2.45) is 0 Å². The Bertz CT molecular complexity index is 271. The van der Waals surface area contributed by atoms with Crippen molar-refractivity contribution in [3.8, 4) is 0 Å². The maximum absolute atomic E-state index is 5.73. The number of unbranched alkanes of at least 4 members (excludes halogenated alkanes) is 2. The van der Waals surface area contributed by atoms with Gasteiger partial charge in [-0.1, -0.05) is 37.4 Å². The topological polar surface area (TPSA) is 16.1 Å². The van der Waals surface area contributed by atoms with Crippen molar-refractivity contribution in [2.75, 3.05) is 13.6 Å². The summed E-state index contributed by atoms with van der Waals surface area (Å²) >= 11 is 5.73. The fourth-order valence-electron chi connectivity index (χ4n) is 1.52. The van der Waals surface area contributed by atoms with Crippen LogP contribution in [-0.2, 0) is 6.54 Å². The van der Waals surface area contributed by atoms with E-state index in [1.807, 2.05) is 18.3 Å². The zero-order chi connectivity index (χ0) is 11.1. The van der Waals surface area contributed by atoms with Crippen molar-refractivity contribution in [1.82, 2.24) is 9.88 Å². The number of pyridine rings is 1. The number of rotatable bonds is 6. The third-order valence-electron chi connectivity index (χ3n) is 2.38. The minimum atomic E-state index is 0.562. The Kier molecular flexibility index (Phi) is 5.66. The summed E-state index contributed by atoms with van der Waals surface area (Å²) in [4.78, 5) is 6.39. The lowest BCUT2D eigenvalue weighted by Gasteiger charge is -2.15. The first-order valence-corrected chi connectivity index (χ1v) is 5.89. The molecule has 0 N–H and O–H groups in total. The Labute approximate surface area is 97.3 Å². The van der Waals surface area contributed by atoms with Crippen LogP contribution in [0.1, 0.15) is 31.7 Å². The van der Waals surface area contributed by atoms with Crippen LogP contribution in [0.4, 0.5) is 0 Å². The Morgan fingerprint density at radius 1 is 1.33 bits per heavy atom. The largest absolute Gasteiger partial charge is 0.302 e. The van der Waals surface area contributed by atoms with E-state index in [4.69, 9.17) is 11.6 Å². The van der Waals surface area contributed by atoms with Gasteiger partial charge in [-0.25, -0.2) is 4.98 Å². The van der Waals surface area contributed by atoms with E-state index >= 15 is 0 Å². The van der Waals surface area contributed by atoms with Crippen LogP contribution >= 0.6 is 11.6 Å². The predicted octanol–water partition coefficient (Wildman–Crippen LogP) is 3.36. The molecular formula is C12H19ClN2. The molecule has 0 aliphatic heterocycles. The van der Waals surface area contributed by atoms with E-state index in [0.29, 0.717) is 5.15 Å². The minimum Gasteiger partial charge on any atom is -0.302 e. The summed E-state index contributed by atoms with van der Waals surface area (Å²) in [5.41, 5.74) is 1.22. The second kappa shape index (κ2) is 6.81. The molecule has 1 aromatic rings. The predicted molar refractivity (Wildman–Crippen MR) is 65.1 cm³/mol. The van der Waals surface area contributed by atoms with E-state index in [1.165, 1.54) is 24.8 Å². The van der Waals surface area contributed by atoms with Crippen LogP contribution in [-0.4, -0.2) is 23.5 Å². The van der Waals surface area contributed by atoms with E-state index < -0.39 is 0 Å². The molecule has 0 atom stereocenters. The summed E-state index contributed by atoms with van der Waals surface area (Å²) in [7, 11) is 2.14. The van der Waals surface area contributed by atoms with E-state index in [2.05, 4.69) is 23.9 Å². The van der Waals surface area contributed by atoms with Gasteiger partial charge in [0.2, 0.25) is 0 Å². The van der Waals surface area contributed by atoms with Gasteiger partial charge in [0.05, 0.1) is 0 Å². The van der Waals surface area contributed by atoms with E-state index in [1.54, 1.807) is 0 Å². The number of halogens is 1. The van der Waals surface area contributed by atoms with Crippen LogP contribution in [0.25, 0.3) is 0 Å². The van der Waals surface area contributed by atoms with Crippen LogP contribution in [0.5, 0.6) is 0 Å². The summed E-state index contributed by atoms with van der Waals surface area (Å²) in [5, 5.41) is 0.562. The van der Waals surface area contributed by atoms with E-state index in [0.717, 1.165) is 13.1 Å². The lowest BCUT2D eigenvalue weighted by atomic mass is 10.2. The Hall–Kier alpha value is -0.600. The fourth-order valence-corrected chi connectivity index (χ4v) is 1.63. The lowest BCUT2D eigenvalue weighted by molar-refractivity contribution is 0.318. The van der Waals surface area contributed by atoms with Crippen LogP contribution in [0.3, 0.4) is 0 Å². The molecule has 0 unspecified atom stereocenters. The zero-order valence-corrected chi connectivity index (χ0v) is 10.3. The normalized spacial score (nSPS) is 10.9. The molecule has 0 aliphatic carbocycles. The van der Waals surface area contributed by atoms with Crippen LogP contribution < -0.4 is 0 Å². The first kappa shape index (κ1) is 12.5. The van der Waals surface area contributed by atoms with Gasteiger partial charge < -0.3 is 4.90 Å². The van der Waals surface area contributed by atoms with Gasteiger partial charge in [-0.3, -0.25) is 0 Å². The number of nitrogens with zero attached hydrogens (tertiary/aromatic N) is 2. The SMILES string of the molecule is CCCCCN(C)Cc1ccc(Cl)nc1. The van der Waals surface area contributed by atoms with Gasteiger partial charge >= 0.3 is 0 Å². The quantitative estimate of drug-likeness (QED) is 0.546. The summed E-state index contributed by atoms with van der Waals surface area (Å²) in [5.74, 6) is 0. The molecule has 1 heterocycles. The van der Waals surface area contributed by atoms with Crippen molar-refractivity contribution < 1.29 is 0 Å². The Morgan fingerprint density at radius 3 is 2.73 bits per heavy atom. The van der Waals surface area contributed by atoms with E-state index in [-0.39, 0.29) is 0 Å². The highest BCUT2D eigenvalue weighted by atomic mass is 35.5. The highest BCUT2D eigenvalue weighted by molar-refractivity contribution is 6.29. The number of hydrogen-bond donors (Lipinski definition) is 0. The number of aromatic nitrogens is 1. The molecular weight excluding hydrogens is 208 g/mol. The summed E-state index contributed by atoms with van der Waals surface area (Å²) in [6.45, 7) is 4.33. The Morgan fingerprint density at radius 2 is 2.13 bits per heavy atom. The zero-order valence-electron chi connectivity index (χ0n) is 9.54. The minimum absolute atomic E-state index is 0.562. The van der Waals surface area contributed by atoms with Crippen molar-refractivity contribution >= 4 is 11.6 Å². The lowest BCUT2D eigenvalue weighted by Crippen LogP contribution is -2.19. The number of hydrogen-bond acceptors (Lipinski definition) is 2. The molecule has 0 saturated carbocycles. The molecule has 0 spiro atoms. The molecule has 84 valence electrons. The van der Waals surface area contributed by atoms with Gasteiger partial charge in [0.15, 0.2) is 0 Å². The fraction of sp³-hybridized carbons (Fsp3) is 0.583. The van der Waals surface area contributed by atoms with Gasteiger partial charge in [0.25, 0.3) is 0 Å². The van der Waals surface area contributed by atoms with E-state index in [9.17, 15) is 0 Å². The first-order valence-electron chi connectivity index (χ1n) is 5.51. The van der Waals surface area contributed by atoms with Crippen LogP contribution in [0, 0.1) is 0 Å². The average molecular weight is 227 g/mol. The monoisotopic (exact) mass is 226 g/mol. The van der Waals surface area contributed by atoms with Crippen molar-refractivity contribution in [1.29, 1.82) is 0 Å².